The van der Waals surface area contributed by atoms with Crippen LogP contribution in [0.25, 0.3) is 10.9 Å². The quantitative estimate of drug-likeness (QED) is 0.622. The third-order valence-electron chi connectivity index (χ3n) is 5.23. The second kappa shape index (κ2) is 8.70. The number of carbonyl (C=O) groups excluding carboxylic acids is 1. The molecule has 1 fully saturated rings. The number of para-hydroxylation sites is 1. The number of anilines is 2. The first kappa shape index (κ1) is 19.5. The Morgan fingerprint density at radius 2 is 2.07 bits per heavy atom. The zero-order valence-corrected chi connectivity index (χ0v) is 17.2. The van der Waals surface area contributed by atoms with Crippen LogP contribution < -0.4 is 15.0 Å². The molecule has 4 rings (SSSR count). The maximum atomic E-state index is 12.3. The number of piperidine rings is 1. The van der Waals surface area contributed by atoms with Gasteiger partial charge in [-0.05, 0) is 62.6 Å². The highest BCUT2D eigenvalue weighted by Crippen LogP contribution is 2.29. The van der Waals surface area contributed by atoms with Gasteiger partial charge in [0, 0.05) is 28.7 Å². The van der Waals surface area contributed by atoms with Crippen LogP contribution in [0.2, 0.25) is 5.02 Å². The summed E-state index contributed by atoms with van der Waals surface area (Å²) in [7, 11) is 0. The van der Waals surface area contributed by atoms with E-state index in [4.69, 9.17) is 21.3 Å². The molecule has 150 valence electrons. The summed E-state index contributed by atoms with van der Waals surface area (Å²) < 4.78 is 5.83. The normalized spacial score (nSPS) is 16.6. The number of nitrogens with one attached hydrogen (secondary N) is 1. The number of halogens is 1. The average Bonchev–Trinajstić information content (AvgIpc) is 2.72. The van der Waals surface area contributed by atoms with Crippen molar-refractivity contribution in [3.8, 4) is 5.75 Å². The number of hydrogen-bond donors (Lipinski definition) is 1. The largest absolute Gasteiger partial charge is 0.481 e. The third-order valence-corrected chi connectivity index (χ3v) is 5.47. The maximum absolute atomic E-state index is 12.3. The van der Waals surface area contributed by atoms with Crippen LogP contribution in [0.15, 0.2) is 54.6 Å². The van der Waals surface area contributed by atoms with Gasteiger partial charge in [0.2, 0.25) is 0 Å². The summed E-state index contributed by atoms with van der Waals surface area (Å²) in [6.07, 6.45) is 3.63. The highest BCUT2D eigenvalue weighted by Gasteiger charge is 2.20. The summed E-state index contributed by atoms with van der Waals surface area (Å²) in [5.74, 6) is 1.32. The number of pyridine rings is 1. The Kier molecular flexibility index (Phi) is 5.86. The van der Waals surface area contributed by atoms with E-state index in [1.807, 2.05) is 18.2 Å². The van der Waals surface area contributed by atoms with E-state index in [0.29, 0.717) is 22.5 Å². The SMILES string of the molecule is C[C@@H]1CCCCN1c1ccc2cccc(OCC(=O)Nc3cccc(Cl)c3)c2n1. The van der Waals surface area contributed by atoms with Crippen molar-refractivity contribution in [2.75, 3.05) is 23.4 Å². The topological polar surface area (TPSA) is 54.5 Å². The molecule has 0 aliphatic carbocycles. The number of fused-ring (bicyclic) bond motifs is 1. The summed E-state index contributed by atoms with van der Waals surface area (Å²) in [5.41, 5.74) is 1.42. The minimum absolute atomic E-state index is 0.0996. The van der Waals surface area contributed by atoms with Crippen LogP contribution >= 0.6 is 11.6 Å². The Morgan fingerprint density at radius 1 is 1.21 bits per heavy atom. The van der Waals surface area contributed by atoms with Crippen LogP contribution in [0.5, 0.6) is 5.75 Å². The van der Waals surface area contributed by atoms with Crippen molar-refractivity contribution < 1.29 is 9.53 Å². The maximum Gasteiger partial charge on any atom is 0.262 e. The van der Waals surface area contributed by atoms with Crippen molar-refractivity contribution in [1.29, 1.82) is 0 Å². The van der Waals surface area contributed by atoms with Crippen molar-refractivity contribution >= 4 is 39.9 Å². The Bertz CT molecular complexity index is 1020. The summed E-state index contributed by atoms with van der Waals surface area (Å²) in [6, 6.07) is 17.4. The number of carbonyl (C=O) groups is 1. The number of hydrogen-bond acceptors (Lipinski definition) is 4. The minimum Gasteiger partial charge on any atom is -0.481 e. The first-order valence-electron chi connectivity index (χ1n) is 9.95. The predicted octanol–water partition coefficient (Wildman–Crippen LogP) is 5.28. The molecule has 29 heavy (non-hydrogen) atoms. The van der Waals surface area contributed by atoms with Crippen LogP contribution in [0.4, 0.5) is 11.5 Å². The number of nitrogens with zero attached hydrogens (tertiary/aromatic N) is 2. The fourth-order valence-electron chi connectivity index (χ4n) is 3.73. The number of amides is 1. The molecule has 1 atom stereocenters. The zero-order chi connectivity index (χ0) is 20.2. The van der Waals surface area contributed by atoms with Gasteiger partial charge in [-0.25, -0.2) is 4.98 Å². The predicted molar refractivity (Wildman–Crippen MR) is 118 cm³/mol. The molecule has 6 heteroatoms. The molecule has 1 aromatic heterocycles. The van der Waals surface area contributed by atoms with Gasteiger partial charge in [0.05, 0.1) is 0 Å². The molecule has 1 amide bonds. The first-order chi connectivity index (χ1) is 14.1. The first-order valence-corrected chi connectivity index (χ1v) is 10.3. The summed E-state index contributed by atoms with van der Waals surface area (Å²) >= 11 is 5.96. The Hall–Kier alpha value is -2.79. The van der Waals surface area contributed by atoms with Crippen LogP contribution in [0, 0.1) is 0 Å². The standard InChI is InChI=1S/C23H24ClN3O2/c1-16-6-2-3-13-27(16)21-12-11-17-7-4-10-20(23(17)26-21)29-15-22(28)25-19-9-5-8-18(24)14-19/h4-5,7-12,14,16H,2-3,6,13,15H2,1H3,(H,25,28)/t16-/m1/s1. The molecular formula is C23H24ClN3O2. The average molecular weight is 410 g/mol. The molecule has 5 nitrogen and oxygen atoms in total. The lowest BCUT2D eigenvalue weighted by molar-refractivity contribution is -0.118. The summed E-state index contributed by atoms with van der Waals surface area (Å²) in [5, 5.41) is 4.36. The summed E-state index contributed by atoms with van der Waals surface area (Å²) in [6.45, 7) is 3.16. The molecule has 1 aliphatic heterocycles. The smallest absolute Gasteiger partial charge is 0.262 e. The highest BCUT2D eigenvalue weighted by atomic mass is 35.5. The molecule has 2 aromatic carbocycles. The molecular weight excluding hydrogens is 386 g/mol. The van der Waals surface area contributed by atoms with Crippen LogP contribution in [-0.2, 0) is 4.79 Å². The molecule has 0 bridgehead atoms. The fourth-order valence-corrected chi connectivity index (χ4v) is 3.92. The van der Waals surface area contributed by atoms with E-state index in [2.05, 4.69) is 29.3 Å². The van der Waals surface area contributed by atoms with E-state index < -0.39 is 0 Å². The van der Waals surface area contributed by atoms with Crippen molar-refractivity contribution in [3.05, 3.63) is 59.6 Å². The van der Waals surface area contributed by atoms with E-state index >= 15 is 0 Å². The van der Waals surface area contributed by atoms with Gasteiger partial charge < -0.3 is 15.0 Å². The Labute approximate surface area is 175 Å². The van der Waals surface area contributed by atoms with Gasteiger partial charge in [0.25, 0.3) is 5.91 Å². The fraction of sp³-hybridized carbons (Fsp3) is 0.304. The zero-order valence-electron chi connectivity index (χ0n) is 16.4. The monoisotopic (exact) mass is 409 g/mol. The van der Waals surface area contributed by atoms with Gasteiger partial charge >= 0.3 is 0 Å². The van der Waals surface area contributed by atoms with Crippen LogP contribution in [0.1, 0.15) is 26.2 Å². The van der Waals surface area contributed by atoms with Gasteiger partial charge in [-0.3, -0.25) is 4.79 Å². The van der Waals surface area contributed by atoms with E-state index in [-0.39, 0.29) is 12.5 Å². The van der Waals surface area contributed by atoms with Crippen molar-refractivity contribution in [2.24, 2.45) is 0 Å². The molecule has 0 spiro atoms. The molecule has 0 unspecified atom stereocenters. The van der Waals surface area contributed by atoms with Crippen molar-refractivity contribution in [3.63, 3.8) is 0 Å². The Morgan fingerprint density at radius 3 is 2.90 bits per heavy atom. The molecule has 1 aliphatic rings. The molecule has 1 N–H and O–H groups in total. The van der Waals surface area contributed by atoms with Crippen molar-refractivity contribution in [2.45, 2.75) is 32.2 Å². The second-order valence-corrected chi connectivity index (χ2v) is 7.82. The minimum atomic E-state index is -0.245. The lowest BCUT2D eigenvalue weighted by atomic mass is 10.0. The van der Waals surface area contributed by atoms with E-state index in [1.54, 1.807) is 24.3 Å². The lowest BCUT2D eigenvalue weighted by Gasteiger charge is -2.34. The van der Waals surface area contributed by atoms with Crippen LogP contribution in [0.3, 0.4) is 0 Å². The molecule has 3 aromatic rings. The van der Waals surface area contributed by atoms with Gasteiger partial charge in [0.15, 0.2) is 6.61 Å². The molecule has 2 heterocycles. The van der Waals surface area contributed by atoms with E-state index in [9.17, 15) is 4.79 Å². The number of aromatic nitrogens is 1. The lowest BCUT2D eigenvalue weighted by Crippen LogP contribution is -2.37. The summed E-state index contributed by atoms with van der Waals surface area (Å²) in [4.78, 5) is 19.5. The number of benzene rings is 2. The molecule has 0 saturated carbocycles. The molecule has 1 saturated heterocycles. The number of ether oxygens (including phenoxy) is 1. The van der Waals surface area contributed by atoms with Gasteiger partial charge in [-0.2, -0.15) is 0 Å². The molecule has 0 radical (unpaired) electrons. The third kappa shape index (κ3) is 4.62. The second-order valence-electron chi connectivity index (χ2n) is 7.38. The number of rotatable bonds is 5. The van der Waals surface area contributed by atoms with Crippen LogP contribution in [-0.4, -0.2) is 30.1 Å². The Balaban J connectivity index is 1.50. The van der Waals surface area contributed by atoms with Gasteiger partial charge in [0.1, 0.15) is 17.1 Å². The van der Waals surface area contributed by atoms with Gasteiger partial charge in [-0.1, -0.05) is 29.8 Å². The van der Waals surface area contributed by atoms with Gasteiger partial charge in [-0.15, -0.1) is 0 Å². The highest BCUT2D eigenvalue weighted by molar-refractivity contribution is 6.30. The van der Waals surface area contributed by atoms with E-state index in [0.717, 1.165) is 23.3 Å². The van der Waals surface area contributed by atoms with Crippen molar-refractivity contribution in [1.82, 2.24) is 4.98 Å². The van der Waals surface area contributed by atoms with E-state index in [1.165, 1.54) is 19.3 Å².